The summed E-state index contributed by atoms with van der Waals surface area (Å²) in [5.41, 5.74) is 1.31. The summed E-state index contributed by atoms with van der Waals surface area (Å²) in [6, 6.07) is 4.55. The Labute approximate surface area is 101 Å². The highest BCUT2D eigenvalue weighted by molar-refractivity contribution is 5.37. The molecule has 2 nitrogen and oxygen atoms in total. The standard InChI is InChI=1S/C14H17FO2/c1-11(2)9-17-10-13-6-12(4-3-5-16)7-14(15)8-13/h6-8,11,16H,5,9-10H2,1-2H3. The van der Waals surface area contributed by atoms with Crippen LogP contribution in [0.2, 0.25) is 0 Å². The Morgan fingerprint density at radius 2 is 2.12 bits per heavy atom. The quantitative estimate of drug-likeness (QED) is 0.813. The monoisotopic (exact) mass is 236 g/mol. The number of hydrogen-bond acceptors (Lipinski definition) is 2. The topological polar surface area (TPSA) is 29.5 Å². The van der Waals surface area contributed by atoms with Gasteiger partial charge in [0.05, 0.1) is 6.61 Å². The first-order valence-corrected chi connectivity index (χ1v) is 5.58. The van der Waals surface area contributed by atoms with E-state index in [1.165, 1.54) is 12.1 Å². The molecule has 1 aromatic carbocycles. The molecule has 0 saturated heterocycles. The van der Waals surface area contributed by atoms with E-state index < -0.39 is 0 Å². The third kappa shape index (κ3) is 5.48. The lowest BCUT2D eigenvalue weighted by atomic mass is 10.1. The summed E-state index contributed by atoms with van der Waals surface area (Å²) < 4.78 is 18.7. The van der Waals surface area contributed by atoms with Crippen LogP contribution in [-0.4, -0.2) is 18.3 Å². The van der Waals surface area contributed by atoms with E-state index in [9.17, 15) is 4.39 Å². The summed E-state index contributed by atoms with van der Waals surface area (Å²) in [5.74, 6) is 5.29. The van der Waals surface area contributed by atoms with Crippen molar-refractivity contribution in [1.82, 2.24) is 0 Å². The van der Waals surface area contributed by atoms with E-state index >= 15 is 0 Å². The minimum atomic E-state index is -0.335. The van der Waals surface area contributed by atoms with Crippen LogP contribution in [0.4, 0.5) is 4.39 Å². The Balaban J connectivity index is 2.68. The summed E-state index contributed by atoms with van der Waals surface area (Å²) >= 11 is 0. The molecule has 17 heavy (non-hydrogen) atoms. The Morgan fingerprint density at radius 1 is 1.35 bits per heavy atom. The number of aliphatic hydroxyl groups excluding tert-OH is 1. The normalized spacial score (nSPS) is 10.2. The molecule has 0 spiro atoms. The fraction of sp³-hybridized carbons (Fsp3) is 0.429. The van der Waals surface area contributed by atoms with Gasteiger partial charge in [-0.15, -0.1) is 0 Å². The van der Waals surface area contributed by atoms with Gasteiger partial charge in [0.1, 0.15) is 12.4 Å². The van der Waals surface area contributed by atoms with Crippen molar-refractivity contribution in [1.29, 1.82) is 0 Å². The molecule has 1 rings (SSSR count). The highest BCUT2D eigenvalue weighted by Crippen LogP contribution is 2.10. The van der Waals surface area contributed by atoms with Crippen LogP contribution in [0, 0.1) is 23.6 Å². The maximum atomic E-state index is 13.3. The van der Waals surface area contributed by atoms with Gasteiger partial charge in [-0.2, -0.15) is 0 Å². The van der Waals surface area contributed by atoms with Crippen LogP contribution in [-0.2, 0) is 11.3 Å². The lowest BCUT2D eigenvalue weighted by Gasteiger charge is -2.07. The van der Waals surface area contributed by atoms with Crippen LogP contribution in [0.5, 0.6) is 0 Å². The Morgan fingerprint density at radius 3 is 2.76 bits per heavy atom. The molecule has 0 aliphatic rings. The molecular weight excluding hydrogens is 219 g/mol. The summed E-state index contributed by atoms with van der Waals surface area (Å²) in [6.07, 6.45) is 0. The van der Waals surface area contributed by atoms with Crippen molar-refractivity contribution in [2.75, 3.05) is 13.2 Å². The number of ether oxygens (including phenoxy) is 1. The number of halogens is 1. The zero-order valence-corrected chi connectivity index (χ0v) is 10.2. The fourth-order valence-electron chi connectivity index (χ4n) is 1.36. The molecule has 0 saturated carbocycles. The molecule has 3 heteroatoms. The highest BCUT2D eigenvalue weighted by Gasteiger charge is 2.01. The van der Waals surface area contributed by atoms with Gasteiger partial charge in [-0.3, -0.25) is 0 Å². The molecule has 0 aliphatic carbocycles. The Kier molecular flexibility index (Phi) is 5.68. The lowest BCUT2D eigenvalue weighted by Crippen LogP contribution is -2.02. The van der Waals surface area contributed by atoms with Crippen LogP contribution < -0.4 is 0 Å². The van der Waals surface area contributed by atoms with E-state index in [0.29, 0.717) is 24.7 Å². The maximum Gasteiger partial charge on any atom is 0.124 e. The molecular formula is C14H17FO2. The molecule has 0 heterocycles. The predicted molar refractivity (Wildman–Crippen MR) is 64.9 cm³/mol. The SMILES string of the molecule is CC(C)COCc1cc(F)cc(C#CCO)c1. The number of benzene rings is 1. The van der Waals surface area contributed by atoms with E-state index in [-0.39, 0.29) is 12.4 Å². The van der Waals surface area contributed by atoms with Gasteiger partial charge < -0.3 is 9.84 Å². The third-order valence-electron chi connectivity index (χ3n) is 1.99. The zero-order chi connectivity index (χ0) is 12.7. The van der Waals surface area contributed by atoms with Crippen molar-refractivity contribution >= 4 is 0 Å². The Hall–Kier alpha value is -1.37. The summed E-state index contributed by atoms with van der Waals surface area (Å²) in [6.45, 7) is 4.92. The molecule has 1 aromatic rings. The van der Waals surface area contributed by atoms with Crippen LogP contribution in [0.3, 0.4) is 0 Å². The third-order valence-corrected chi connectivity index (χ3v) is 1.99. The molecule has 0 fully saturated rings. The van der Waals surface area contributed by atoms with Crippen molar-refractivity contribution in [2.45, 2.75) is 20.5 Å². The van der Waals surface area contributed by atoms with Crippen molar-refractivity contribution in [2.24, 2.45) is 5.92 Å². The second kappa shape index (κ2) is 7.05. The van der Waals surface area contributed by atoms with E-state index in [2.05, 4.69) is 25.7 Å². The smallest absolute Gasteiger partial charge is 0.124 e. The second-order valence-electron chi connectivity index (χ2n) is 4.22. The molecule has 0 atom stereocenters. The van der Waals surface area contributed by atoms with E-state index in [1.54, 1.807) is 6.07 Å². The molecule has 0 bridgehead atoms. The minimum absolute atomic E-state index is 0.226. The van der Waals surface area contributed by atoms with Crippen molar-refractivity contribution in [3.63, 3.8) is 0 Å². The molecule has 1 N–H and O–H groups in total. The largest absolute Gasteiger partial charge is 0.384 e. The number of hydrogen-bond donors (Lipinski definition) is 1. The molecule has 0 amide bonds. The Bertz CT molecular complexity index is 416. The summed E-state index contributed by atoms with van der Waals surface area (Å²) in [5, 5.41) is 8.58. The van der Waals surface area contributed by atoms with Crippen LogP contribution in [0.15, 0.2) is 18.2 Å². The van der Waals surface area contributed by atoms with Gasteiger partial charge in [0.15, 0.2) is 0 Å². The molecule has 0 aliphatic heterocycles. The first-order valence-electron chi connectivity index (χ1n) is 5.58. The van der Waals surface area contributed by atoms with Gasteiger partial charge >= 0.3 is 0 Å². The first kappa shape index (κ1) is 13.7. The van der Waals surface area contributed by atoms with Crippen LogP contribution in [0.25, 0.3) is 0 Å². The van der Waals surface area contributed by atoms with Gasteiger partial charge in [0.25, 0.3) is 0 Å². The van der Waals surface area contributed by atoms with Gasteiger partial charge in [-0.25, -0.2) is 4.39 Å². The molecule has 0 unspecified atom stereocenters. The van der Waals surface area contributed by atoms with E-state index in [4.69, 9.17) is 9.84 Å². The van der Waals surface area contributed by atoms with Gasteiger partial charge in [-0.05, 0) is 29.7 Å². The average molecular weight is 236 g/mol. The summed E-state index contributed by atoms with van der Waals surface area (Å²) in [7, 11) is 0. The van der Waals surface area contributed by atoms with E-state index in [1.807, 2.05) is 0 Å². The predicted octanol–water partition coefficient (Wildman–Crippen LogP) is 2.34. The second-order valence-corrected chi connectivity index (χ2v) is 4.22. The number of rotatable bonds is 4. The van der Waals surface area contributed by atoms with Gasteiger partial charge in [0.2, 0.25) is 0 Å². The minimum Gasteiger partial charge on any atom is -0.384 e. The maximum absolute atomic E-state index is 13.3. The van der Waals surface area contributed by atoms with Crippen molar-refractivity contribution in [3.05, 3.63) is 35.1 Å². The van der Waals surface area contributed by atoms with Crippen molar-refractivity contribution < 1.29 is 14.2 Å². The fourth-order valence-corrected chi connectivity index (χ4v) is 1.36. The zero-order valence-electron chi connectivity index (χ0n) is 10.2. The lowest BCUT2D eigenvalue weighted by molar-refractivity contribution is 0.0969. The molecule has 0 radical (unpaired) electrons. The van der Waals surface area contributed by atoms with Crippen molar-refractivity contribution in [3.8, 4) is 11.8 Å². The highest BCUT2D eigenvalue weighted by atomic mass is 19.1. The molecule has 92 valence electrons. The average Bonchev–Trinajstić information content (AvgIpc) is 2.25. The van der Waals surface area contributed by atoms with Gasteiger partial charge in [-0.1, -0.05) is 25.7 Å². The van der Waals surface area contributed by atoms with Gasteiger partial charge in [0, 0.05) is 12.2 Å². The summed E-state index contributed by atoms with van der Waals surface area (Å²) in [4.78, 5) is 0. The number of aliphatic hydroxyl groups is 1. The van der Waals surface area contributed by atoms with Crippen LogP contribution in [0.1, 0.15) is 25.0 Å². The first-order chi connectivity index (χ1) is 8.11. The van der Waals surface area contributed by atoms with E-state index in [0.717, 1.165) is 5.56 Å². The van der Waals surface area contributed by atoms with Crippen LogP contribution >= 0.6 is 0 Å². The molecule has 0 aromatic heterocycles.